The molecule has 1 atom stereocenters. The van der Waals surface area contributed by atoms with Crippen LogP contribution in [0.1, 0.15) is 34.3 Å². The van der Waals surface area contributed by atoms with Gasteiger partial charge in [0.05, 0.1) is 29.3 Å². The Hall–Kier alpha value is -3.53. The van der Waals surface area contributed by atoms with Crippen LogP contribution in [0.4, 0.5) is 5.69 Å². The maximum atomic E-state index is 13.3. The predicted molar refractivity (Wildman–Crippen MR) is 138 cm³/mol. The smallest absolute Gasteiger partial charge is 0.299 e. The van der Waals surface area contributed by atoms with Crippen LogP contribution < -0.4 is 9.64 Å². The van der Waals surface area contributed by atoms with E-state index in [4.69, 9.17) is 9.47 Å². The van der Waals surface area contributed by atoms with Crippen molar-refractivity contribution in [1.29, 1.82) is 0 Å². The number of hydrogen-bond acceptors (Lipinski definition) is 6. The van der Waals surface area contributed by atoms with Crippen molar-refractivity contribution >= 4 is 27.4 Å². The third-order valence-electron chi connectivity index (χ3n) is 6.74. The monoisotopic (exact) mass is 520 g/mol. The summed E-state index contributed by atoms with van der Waals surface area (Å²) in [5, 5.41) is 0. The lowest BCUT2D eigenvalue weighted by Crippen LogP contribution is -2.38. The van der Waals surface area contributed by atoms with E-state index in [1.807, 2.05) is 54.6 Å². The summed E-state index contributed by atoms with van der Waals surface area (Å²) >= 11 is 0. The van der Waals surface area contributed by atoms with Gasteiger partial charge in [-0.05, 0) is 54.3 Å². The van der Waals surface area contributed by atoms with Crippen molar-refractivity contribution in [3.8, 4) is 5.75 Å². The van der Waals surface area contributed by atoms with Gasteiger partial charge in [0.2, 0.25) is 10.0 Å². The average Bonchev–Trinajstić information content (AvgIpc) is 3.48. The number of hydrogen-bond donors (Lipinski definition) is 0. The van der Waals surface area contributed by atoms with Crippen LogP contribution >= 0.6 is 0 Å². The zero-order valence-electron chi connectivity index (χ0n) is 20.5. The van der Waals surface area contributed by atoms with E-state index in [0.717, 1.165) is 24.0 Å². The van der Waals surface area contributed by atoms with Gasteiger partial charge in [-0.15, -0.1) is 0 Å². The predicted octanol–water partition coefficient (Wildman–Crippen LogP) is 3.79. The Labute approximate surface area is 216 Å². The van der Waals surface area contributed by atoms with Gasteiger partial charge in [0.25, 0.3) is 11.7 Å². The van der Waals surface area contributed by atoms with Crippen molar-refractivity contribution in [2.75, 3.05) is 25.2 Å². The maximum absolute atomic E-state index is 13.3. The number of anilines is 1. The van der Waals surface area contributed by atoms with E-state index >= 15 is 0 Å². The molecule has 2 heterocycles. The molecule has 1 saturated heterocycles. The molecule has 9 heteroatoms. The molecular weight excluding hydrogens is 492 g/mol. The molecule has 0 radical (unpaired) electrons. The van der Waals surface area contributed by atoms with Gasteiger partial charge in [0, 0.05) is 19.7 Å². The second-order valence-corrected chi connectivity index (χ2v) is 11.1. The van der Waals surface area contributed by atoms with Gasteiger partial charge < -0.3 is 14.4 Å². The fourth-order valence-electron chi connectivity index (χ4n) is 4.83. The molecule has 5 rings (SSSR count). The van der Waals surface area contributed by atoms with Crippen LogP contribution in [0.5, 0.6) is 5.75 Å². The lowest BCUT2D eigenvalue weighted by molar-refractivity contribution is -0.114. The van der Waals surface area contributed by atoms with Crippen LogP contribution in [-0.4, -0.2) is 50.7 Å². The van der Waals surface area contributed by atoms with E-state index in [0.29, 0.717) is 31.2 Å². The number of sulfonamides is 1. The number of Topliss-reactive ketones (excluding diaryl/α,β-unsaturated/α-hetero) is 1. The minimum Gasteiger partial charge on any atom is -0.489 e. The molecule has 1 amide bonds. The molecule has 2 aliphatic heterocycles. The number of carbonyl (C=O) groups excluding carboxylic acids is 2. The fraction of sp³-hybridized carbons (Fsp3) is 0.286. The molecular formula is C28H28N2O6S. The molecule has 3 aromatic rings. The van der Waals surface area contributed by atoms with Gasteiger partial charge in [-0.1, -0.05) is 42.5 Å². The van der Waals surface area contributed by atoms with Crippen LogP contribution in [-0.2, 0) is 32.7 Å². The fourth-order valence-corrected chi connectivity index (χ4v) is 6.54. The quantitative estimate of drug-likeness (QED) is 0.399. The summed E-state index contributed by atoms with van der Waals surface area (Å²) < 4.78 is 39.0. The van der Waals surface area contributed by atoms with Crippen LogP contribution in [0.3, 0.4) is 0 Å². The van der Waals surface area contributed by atoms with Gasteiger partial charge in [0.15, 0.2) is 0 Å². The third kappa shape index (κ3) is 5.02. The average molecular weight is 521 g/mol. The molecule has 3 aromatic carbocycles. The molecule has 192 valence electrons. The Balaban J connectivity index is 1.32. The Morgan fingerprint density at radius 3 is 2.43 bits per heavy atom. The Kier molecular flexibility index (Phi) is 7.10. The summed E-state index contributed by atoms with van der Waals surface area (Å²) in [7, 11) is -2.28. The first-order valence-electron chi connectivity index (χ1n) is 12.1. The van der Waals surface area contributed by atoms with Crippen LogP contribution in [0.15, 0.2) is 77.7 Å². The molecule has 37 heavy (non-hydrogen) atoms. The number of carbonyl (C=O) groups is 2. The first-order chi connectivity index (χ1) is 17.9. The number of nitrogens with zero attached hydrogens (tertiary/aromatic N) is 2. The van der Waals surface area contributed by atoms with E-state index in [-0.39, 0.29) is 23.0 Å². The third-order valence-corrected chi connectivity index (χ3v) is 8.69. The number of amides is 1. The van der Waals surface area contributed by atoms with Gasteiger partial charge >= 0.3 is 0 Å². The van der Waals surface area contributed by atoms with Gasteiger partial charge in [-0.25, -0.2) is 8.42 Å². The summed E-state index contributed by atoms with van der Waals surface area (Å²) in [6, 6.07) is 21.3. The molecule has 0 spiro atoms. The highest BCUT2D eigenvalue weighted by Gasteiger charge is 2.39. The second-order valence-electron chi connectivity index (χ2n) is 9.18. The van der Waals surface area contributed by atoms with Crippen LogP contribution in [0.25, 0.3) is 0 Å². The highest BCUT2D eigenvalue weighted by atomic mass is 32.2. The zero-order chi connectivity index (χ0) is 26.0. The summed E-state index contributed by atoms with van der Waals surface area (Å²) in [4.78, 5) is 27.0. The number of rotatable bonds is 9. The SMILES string of the molecule is COCC1CCCN1S(=O)(=O)c1ccc2c(c1)C(=O)C(=O)N2Cc1ccc(OCc2ccccc2)cc1. The van der Waals surface area contributed by atoms with Crippen LogP contribution in [0, 0.1) is 0 Å². The maximum Gasteiger partial charge on any atom is 0.299 e. The minimum absolute atomic E-state index is 0.0113. The Morgan fingerprint density at radius 1 is 0.946 bits per heavy atom. The number of ether oxygens (including phenoxy) is 2. The molecule has 0 aliphatic carbocycles. The van der Waals surface area contributed by atoms with Gasteiger partial charge in [-0.3, -0.25) is 9.59 Å². The van der Waals surface area contributed by atoms with Crippen molar-refractivity contribution < 1.29 is 27.5 Å². The number of ketones is 1. The highest BCUT2D eigenvalue weighted by Crippen LogP contribution is 2.34. The van der Waals surface area contributed by atoms with Crippen molar-refractivity contribution in [2.24, 2.45) is 0 Å². The van der Waals surface area contributed by atoms with Gasteiger partial charge in [0.1, 0.15) is 12.4 Å². The Morgan fingerprint density at radius 2 is 1.70 bits per heavy atom. The molecule has 1 fully saturated rings. The lowest BCUT2D eigenvalue weighted by Gasteiger charge is -2.24. The van der Waals surface area contributed by atoms with Crippen molar-refractivity contribution in [2.45, 2.75) is 36.9 Å². The first kappa shape index (κ1) is 25.1. The summed E-state index contributed by atoms with van der Waals surface area (Å²) in [5.74, 6) is -0.683. The molecule has 1 unspecified atom stereocenters. The van der Waals surface area contributed by atoms with Crippen molar-refractivity contribution in [3.63, 3.8) is 0 Å². The normalized spacial score (nSPS) is 17.9. The molecule has 0 saturated carbocycles. The number of methoxy groups -OCH3 is 1. The van der Waals surface area contributed by atoms with Crippen molar-refractivity contribution in [3.05, 3.63) is 89.5 Å². The first-order valence-corrected chi connectivity index (χ1v) is 13.6. The molecule has 0 N–H and O–H groups in total. The van der Waals surface area contributed by atoms with Gasteiger partial charge in [-0.2, -0.15) is 4.31 Å². The second kappa shape index (κ2) is 10.5. The largest absolute Gasteiger partial charge is 0.489 e. The summed E-state index contributed by atoms with van der Waals surface area (Å²) in [6.07, 6.45) is 1.47. The van der Waals surface area contributed by atoms with E-state index in [1.165, 1.54) is 21.3 Å². The molecule has 2 aliphatic rings. The van der Waals surface area contributed by atoms with E-state index in [9.17, 15) is 18.0 Å². The lowest BCUT2D eigenvalue weighted by atomic mass is 10.1. The van der Waals surface area contributed by atoms with E-state index in [1.54, 1.807) is 13.2 Å². The summed E-state index contributed by atoms with van der Waals surface area (Å²) in [6.45, 7) is 1.34. The molecule has 8 nitrogen and oxygen atoms in total. The zero-order valence-corrected chi connectivity index (χ0v) is 21.3. The summed E-state index contributed by atoms with van der Waals surface area (Å²) in [5.41, 5.74) is 2.39. The topological polar surface area (TPSA) is 93.2 Å². The van der Waals surface area contributed by atoms with Crippen molar-refractivity contribution in [1.82, 2.24) is 4.31 Å². The number of benzene rings is 3. The minimum atomic E-state index is -3.82. The standard InChI is InChI=1S/C28H28N2O6S/c1-35-19-22-8-5-15-30(22)37(33,34)24-13-14-26-25(16-24)27(31)28(32)29(26)17-20-9-11-23(12-10-20)36-18-21-6-3-2-4-7-21/h2-4,6-7,9-14,16,22H,5,8,15,17-19H2,1H3. The highest BCUT2D eigenvalue weighted by molar-refractivity contribution is 7.89. The number of fused-ring (bicyclic) bond motifs is 1. The Bertz CT molecular complexity index is 1410. The van der Waals surface area contributed by atoms with Crippen LogP contribution in [0.2, 0.25) is 0 Å². The van der Waals surface area contributed by atoms with E-state index in [2.05, 4.69) is 0 Å². The molecule has 0 aromatic heterocycles. The molecule has 0 bridgehead atoms. The van der Waals surface area contributed by atoms with E-state index < -0.39 is 21.7 Å².